The summed E-state index contributed by atoms with van der Waals surface area (Å²) in [6.07, 6.45) is 0.906. The monoisotopic (exact) mass is 444 g/mol. The minimum absolute atomic E-state index is 0.139. The summed E-state index contributed by atoms with van der Waals surface area (Å²) in [5.41, 5.74) is 3.53. The molecule has 0 fully saturated rings. The minimum atomic E-state index is -0.396. The lowest BCUT2D eigenvalue weighted by Gasteiger charge is -2.36. The third-order valence-corrected chi connectivity index (χ3v) is 6.27. The van der Waals surface area contributed by atoms with Crippen LogP contribution in [0.4, 0.5) is 0 Å². The molecule has 0 spiro atoms. The molecular formula is C25H28N6O2. The van der Waals surface area contributed by atoms with E-state index in [-0.39, 0.29) is 11.1 Å². The molecule has 0 radical (unpaired) electrons. The lowest BCUT2D eigenvalue weighted by molar-refractivity contribution is 0.185. The summed E-state index contributed by atoms with van der Waals surface area (Å²) >= 11 is 0. The fraction of sp³-hybridized carbons (Fsp3) is 0.360. The molecule has 1 aliphatic rings. The number of H-pyrrole nitrogens is 1. The number of hydrogen-bond donors (Lipinski definition) is 1. The van der Waals surface area contributed by atoms with Crippen LogP contribution in [-0.4, -0.2) is 43.7 Å². The maximum Gasteiger partial charge on any atom is 0.253 e. The van der Waals surface area contributed by atoms with E-state index in [4.69, 9.17) is 4.74 Å². The lowest BCUT2D eigenvalue weighted by Crippen LogP contribution is -2.40. The third-order valence-electron chi connectivity index (χ3n) is 6.27. The Morgan fingerprint density at radius 3 is 2.64 bits per heavy atom. The highest BCUT2D eigenvalue weighted by molar-refractivity contribution is 5.80. The zero-order valence-electron chi connectivity index (χ0n) is 19.4. The molecule has 1 atom stereocenters. The number of pyridine rings is 1. The Hall–Kier alpha value is -3.52. The first-order chi connectivity index (χ1) is 15.8. The molecule has 0 amide bonds. The Balaban J connectivity index is 1.69. The van der Waals surface area contributed by atoms with E-state index < -0.39 is 6.04 Å². The smallest absolute Gasteiger partial charge is 0.253 e. The van der Waals surface area contributed by atoms with Gasteiger partial charge in [0.1, 0.15) is 11.8 Å². The van der Waals surface area contributed by atoms with Gasteiger partial charge in [0.25, 0.3) is 5.56 Å². The molecule has 1 aliphatic heterocycles. The van der Waals surface area contributed by atoms with Crippen LogP contribution in [0.3, 0.4) is 0 Å². The second-order valence-corrected chi connectivity index (χ2v) is 9.52. The van der Waals surface area contributed by atoms with E-state index in [0.717, 1.165) is 29.6 Å². The number of tetrazole rings is 1. The van der Waals surface area contributed by atoms with Crippen molar-refractivity contribution in [1.82, 2.24) is 30.1 Å². The number of nitrogens with one attached hydrogen (secondary N) is 1. The van der Waals surface area contributed by atoms with Gasteiger partial charge in [-0.25, -0.2) is 4.68 Å². The predicted molar refractivity (Wildman–Crippen MR) is 126 cm³/mol. The molecule has 5 rings (SSSR count). The van der Waals surface area contributed by atoms with Crippen LogP contribution in [0.5, 0.6) is 5.75 Å². The Morgan fingerprint density at radius 1 is 1.09 bits per heavy atom. The van der Waals surface area contributed by atoms with Crippen molar-refractivity contribution in [3.05, 3.63) is 81.4 Å². The number of aromatic nitrogens is 5. The first-order valence-electron chi connectivity index (χ1n) is 11.2. The van der Waals surface area contributed by atoms with Crippen LogP contribution in [0.2, 0.25) is 0 Å². The van der Waals surface area contributed by atoms with Gasteiger partial charge in [-0.15, -0.1) is 5.10 Å². The standard InChI is InChI=1S/C25H28N6O2/c1-25(2,3)31-23(27-28-29-31)22(30-12-11-16-7-5-6-8-17(16)15-30)20-14-18-13-19(33-4)9-10-21(18)26-24(20)32/h5-10,13-14,22H,11-12,15H2,1-4H3,(H,26,32)/t22-/m1/s1. The molecular weight excluding hydrogens is 416 g/mol. The Bertz CT molecular complexity index is 1370. The molecule has 0 unspecified atom stereocenters. The van der Waals surface area contributed by atoms with Gasteiger partial charge in [0.2, 0.25) is 0 Å². The highest BCUT2D eigenvalue weighted by Crippen LogP contribution is 2.33. The largest absolute Gasteiger partial charge is 0.497 e. The third kappa shape index (κ3) is 3.91. The van der Waals surface area contributed by atoms with Gasteiger partial charge >= 0.3 is 0 Å². The fourth-order valence-electron chi connectivity index (χ4n) is 4.61. The predicted octanol–water partition coefficient (Wildman–Crippen LogP) is 3.43. The van der Waals surface area contributed by atoms with Crippen molar-refractivity contribution in [2.24, 2.45) is 0 Å². The van der Waals surface area contributed by atoms with Gasteiger partial charge in [-0.3, -0.25) is 9.69 Å². The summed E-state index contributed by atoms with van der Waals surface area (Å²) in [6.45, 7) is 7.70. The molecule has 1 N–H and O–H groups in total. The number of nitrogens with zero attached hydrogens (tertiary/aromatic N) is 5. The summed E-state index contributed by atoms with van der Waals surface area (Å²) < 4.78 is 7.23. The second-order valence-electron chi connectivity index (χ2n) is 9.52. The van der Waals surface area contributed by atoms with Gasteiger partial charge in [-0.2, -0.15) is 0 Å². The first-order valence-corrected chi connectivity index (χ1v) is 11.2. The second kappa shape index (κ2) is 8.12. The molecule has 2 aromatic heterocycles. The topological polar surface area (TPSA) is 88.9 Å². The molecule has 170 valence electrons. The molecule has 3 heterocycles. The number of ether oxygens (including phenoxy) is 1. The van der Waals surface area contributed by atoms with E-state index in [1.807, 2.05) is 28.9 Å². The number of fused-ring (bicyclic) bond motifs is 2. The normalized spacial score (nSPS) is 15.4. The molecule has 0 saturated heterocycles. The average molecular weight is 445 g/mol. The molecule has 33 heavy (non-hydrogen) atoms. The fourth-order valence-corrected chi connectivity index (χ4v) is 4.61. The number of methoxy groups -OCH3 is 1. The van der Waals surface area contributed by atoms with Crippen molar-refractivity contribution in [1.29, 1.82) is 0 Å². The van der Waals surface area contributed by atoms with Crippen molar-refractivity contribution in [2.75, 3.05) is 13.7 Å². The molecule has 0 saturated carbocycles. The van der Waals surface area contributed by atoms with E-state index in [9.17, 15) is 4.79 Å². The maximum absolute atomic E-state index is 13.4. The summed E-state index contributed by atoms with van der Waals surface area (Å²) in [5, 5.41) is 13.6. The van der Waals surface area contributed by atoms with Crippen molar-refractivity contribution in [2.45, 2.75) is 45.3 Å². The highest BCUT2D eigenvalue weighted by atomic mass is 16.5. The van der Waals surface area contributed by atoms with Crippen LogP contribution in [-0.2, 0) is 18.5 Å². The van der Waals surface area contributed by atoms with Crippen LogP contribution in [0.15, 0.2) is 53.3 Å². The highest BCUT2D eigenvalue weighted by Gasteiger charge is 2.34. The van der Waals surface area contributed by atoms with Gasteiger partial charge in [0.15, 0.2) is 5.82 Å². The van der Waals surface area contributed by atoms with E-state index in [1.54, 1.807) is 7.11 Å². The molecule has 2 aromatic carbocycles. The molecule has 8 nitrogen and oxygen atoms in total. The van der Waals surface area contributed by atoms with Crippen LogP contribution < -0.4 is 10.3 Å². The number of rotatable bonds is 4. The van der Waals surface area contributed by atoms with Crippen LogP contribution in [0.1, 0.15) is 49.3 Å². The maximum atomic E-state index is 13.4. The number of aromatic amines is 1. The van der Waals surface area contributed by atoms with Crippen LogP contribution in [0.25, 0.3) is 10.9 Å². The van der Waals surface area contributed by atoms with Crippen LogP contribution >= 0.6 is 0 Å². The Labute approximate surface area is 192 Å². The van der Waals surface area contributed by atoms with Crippen LogP contribution in [0, 0.1) is 0 Å². The molecule has 0 bridgehead atoms. The van der Waals surface area contributed by atoms with Gasteiger partial charge in [-0.1, -0.05) is 24.3 Å². The van der Waals surface area contributed by atoms with Crippen molar-refractivity contribution < 1.29 is 4.74 Å². The lowest BCUT2D eigenvalue weighted by atomic mass is 9.95. The Morgan fingerprint density at radius 2 is 1.88 bits per heavy atom. The quantitative estimate of drug-likeness (QED) is 0.519. The van der Waals surface area contributed by atoms with Gasteiger partial charge in [0.05, 0.1) is 12.6 Å². The summed E-state index contributed by atoms with van der Waals surface area (Å²) in [6, 6.07) is 15.7. The van der Waals surface area contributed by atoms with E-state index in [1.165, 1.54) is 11.1 Å². The average Bonchev–Trinajstić information content (AvgIpc) is 3.29. The molecule has 0 aliphatic carbocycles. The van der Waals surface area contributed by atoms with E-state index in [2.05, 4.69) is 70.4 Å². The summed E-state index contributed by atoms with van der Waals surface area (Å²) in [5.74, 6) is 1.40. The van der Waals surface area contributed by atoms with Crippen molar-refractivity contribution >= 4 is 10.9 Å². The van der Waals surface area contributed by atoms with Crippen molar-refractivity contribution in [3.63, 3.8) is 0 Å². The number of hydrogen-bond acceptors (Lipinski definition) is 6. The molecule has 8 heteroatoms. The minimum Gasteiger partial charge on any atom is -0.497 e. The SMILES string of the molecule is COc1ccc2[nH]c(=O)c([C@H](c3nnnn3C(C)(C)C)N3CCc4ccccc4C3)cc2c1. The Kier molecular flexibility index (Phi) is 5.25. The zero-order chi connectivity index (χ0) is 23.2. The first kappa shape index (κ1) is 21.3. The van der Waals surface area contributed by atoms with Crippen molar-refractivity contribution in [3.8, 4) is 5.75 Å². The van der Waals surface area contributed by atoms with Gasteiger partial charge in [-0.05, 0) is 73.0 Å². The van der Waals surface area contributed by atoms with Gasteiger partial charge < -0.3 is 9.72 Å². The number of benzene rings is 2. The van der Waals surface area contributed by atoms with E-state index in [0.29, 0.717) is 17.9 Å². The van der Waals surface area contributed by atoms with E-state index >= 15 is 0 Å². The summed E-state index contributed by atoms with van der Waals surface area (Å²) in [7, 11) is 1.64. The zero-order valence-corrected chi connectivity index (χ0v) is 19.4. The van der Waals surface area contributed by atoms with Gasteiger partial charge in [0, 0.05) is 29.6 Å². The molecule has 4 aromatic rings. The summed E-state index contributed by atoms with van der Waals surface area (Å²) in [4.78, 5) is 18.7.